The number of anilines is 1. The second-order valence-corrected chi connectivity index (χ2v) is 6.31. The lowest BCUT2D eigenvalue weighted by atomic mass is 9.88. The van der Waals surface area contributed by atoms with Crippen LogP contribution < -0.4 is 5.32 Å². The van der Waals surface area contributed by atoms with Gasteiger partial charge in [-0.3, -0.25) is 4.79 Å². The van der Waals surface area contributed by atoms with Gasteiger partial charge in [-0.2, -0.15) is 0 Å². The summed E-state index contributed by atoms with van der Waals surface area (Å²) in [4.78, 5) is 12.7. The van der Waals surface area contributed by atoms with Gasteiger partial charge in [0.2, 0.25) is 0 Å². The highest BCUT2D eigenvalue weighted by molar-refractivity contribution is 5.96. The molecular formula is C23H23NO. The Morgan fingerprint density at radius 1 is 0.800 bits per heavy atom. The van der Waals surface area contributed by atoms with E-state index in [1.165, 1.54) is 5.56 Å². The van der Waals surface area contributed by atoms with E-state index in [4.69, 9.17) is 0 Å². The van der Waals surface area contributed by atoms with Crippen LogP contribution in [0.1, 0.15) is 35.2 Å². The quantitative estimate of drug-likeness (QED) is 0.576. The van der Waals surface area contributed by atoms with Gasteiger partial charge in [-0.05, 0) is 17.7 Å². The van der Waals surface area contributed by atoms with E-state index in [0.29, 0.717) is 6.42 Å². The molecule has 0 spiro atoms. The number of hydrogen-bond acceptors (Lipinski definition) is 2. The number of ketones is 1. The lowest BCUT2D eigenvalue weighted by Gasteiger charge is -2.26. The van der Waals surface area contributed by atoms with Crippen molar-refractivity contribution in [3.05, 3.63) is 102 Å². The molecule has 2 heteroatoms. The van der Waals surface area contributed by atoms with E-state index in [2.05, 4.69) is 24.4 Å². The predicted octanol–water partition coefficient (Wildman–Crippen LogP) is 5.54. The molecule has 0 aliphatic heterocycles. The molecule has 0 aliphatic rings. The molecule has 126 valence electrons. The predicted molar refractivity (Wildman–Crippen MR) is 104 cm³/mol. The van der Waals surface area contributed by atoms with Gasteiger partial charge in [0, 0.05) is 29.6 Å². The summed E-state index contributed by atoms with van der Waals surface area (Å²) >= 11 is 0. The maximum atomic E-state index is 12.7. The fraction of sp³-hybridized carbons (Fsp3) is 0.174. The molecule has 0 bridgehead atoms. The van der Waals surface area contributed by atoms with Gasteiger partial charge in [-0.15, -0.1) is 0 Å². The Hall–Kier alpha value is -2.87. The molecule has 0 amide bonds. The van der Waals surface area contributed by atoms with Crippen LogP contribution in [0.2, 0.25) is 0 Å². The first-order valence-electron chi connectivity index (χ1n) is 8.69. The van der Waals surface area contributed by atoms with Crippen molar-refractivity contribution in [1.29, 1.82) is 0 Å². The molecule has 0 saturated heterocycles. The second kappa shape index (κ2) is 8.29. The first-order chi connectivity index (χ1) is 12.2. The number of para-hydroxylation sites is 1. The number of hydrogen-bond donors (Lipinski definition) is 1. The SMILES string of the molecule is CC(c1ccccc1)C(CC(=O)c1ccccc1)Nc1ccccc1. The largest absolute Gasteiger partial charge is 0.381 e. The van der Waals surface area contributed by atoms with Crippen molar-refractivity contribution in [3.63, 3.8) is 0 Å². The molecule has 2 nitrogen and oxygen atoms in total. The van der Waals surface area contributed by atoms with E-state index in [-0.39, 0.29) is 17.7 Å². The molecule has 3 rings (SSSR count). The number of carbonyl (C=O) groups is 1. The molecule has 0 radical (unpaired) electrons. The Morgan fingerprint density at radius 2 is 1.32 bits per heavy atom. The molecule has 25 heavy (non-hydrogen) atoms. The topological polar surface area (TPSA) is 29.1 Å². The average Bonchev–Trinajstić information content (AvgIpc) is 2.69. The minimum atomic E-state index is 0.0255. The average molecular weight is 329 g/mol. The second-order valence-electron chi connectivity index (χ2n) is 6.31. The molecule has 0 saturated carbocycles. The van der Waals surface area contributed by atoms with E-state index < -0.39 is 0 Å². The van der Waals surface area contributed by atoms with Crippen LogP contribution in [0.3, 0.4) is 0 Å². The van der Waals surface area contributed by atoms with Gasteiger partial charge in [0.1, 0.15) is 0 Å². The minimum Gasteiger partial charge on any atom is -0.381 e. The third-order valence-corrected chi connectivity index (χ3v) is 4.56. The van der Waals surface area contributed by atoms with Crippen LogP contribution in [0.15, 0.2) is 91.0 Å². The summed E-state index contributed by atoms with van der Waals surface area (Å²) in [6.07, 6.45) is 0.453. The number of rotatable bonds is 7. The summed E-state index contributed by atoms with van der Waals surface area (Å²) in [5.74, 6) is 0.380. The Balaban J connectivity index is 1.82. The molecule has 2 unspecified atom stereocenters. The van der Waals surface area contributed by atoms with Crippen LogP contribution in [0.5, 0.6) is 0 Å². The maximum Gasteiger partial charge on any atom is 0.164 e. The zero-order valence-electron chi connectivity index (χ0n) is 14.4. The monoisotopic (exact) mass is 329 g/mol. The van der Waals surface area contributed by atoms with Gasteiger partial charge in [0.15, 0.2) is 5.78 Å². The third kappa shape index (κ3) is 4.57. The van der Waals surface area contributed by atoms with Crippen molar-refractivity contribution in [3.8, 4) is 0 Å². The molecule has 3 aromatic carbocycles. The zero-order chi connectivity index (χ0) is 17.5. The molecule has 3 aromatic rings. The Morgan fingerprint density at radius 3 is 1.92 bits per heavy atom. The van der Waals surface area contributed by atoms with Crippen molar-refractivity contribution >= 4 is 11.5 Å². The van der Waals surface area contributed by atoms with Crippen molar-refractivity contribution in [2.75, 3.05) is 5.32 Å². The van der Waals surface area contributed by atoms with Gasteiger partial charge in [-0.1, -0.05) is 85.8 Å². The van der Waals surface area contributed by atoms with E-state index in [0.717, 1.165) is 11.3 Å². The first-order valence-corrected chi connectivity index (χ1v) is 8.69. The fourth-order valence-electron chi connectivity index (χ4n) is 3.03. The smallest absolute Gasteiger partial charge is 0.164 e. The highest BCUT2D eigenvalue weighted by atomic mass is 16.1. The molecule has 0 aliphatic carbocycles. The van der Waals surface area contributed by atoms with Crippen molar-refractivity contribution in [2.45, 2.75) is 25.3 Å². The van der Waals surface area contributed by atoms with Gasteiger partial charge >= 0.3 is 0 Å². The summed E-state index contributed by atoms with van der Waals surface area (Å²) < 4.78 is 0. The van der Waals surface area contributed by atoms with Crippen molar-refractivity contribution in [1.82, 2.24) is 0 Å². The van der Waals surface area contributed by atoms with Gasteiger partial charge in [0.05, 0.1) is 0 Å². The highest BCUT2D eigenvalue weighted by Gasteiger charge is 2.22. The Bertz CT molecular complexity index is 784. The highest BCUT2D eigenvalue weighted by Crippen LogP contribution is 2.25. The van der Waals surface area contributed by atoms with Crippen LogP contribution in [-0.4, -0.2) is 11.8 Å². The summed E-state index contributed by atoms with van der Waals surface area (Å²) in [6.45, 7) is 2.17. The van der Waals surface area contributed by atoms with Crippen LogP contribution in [-0.2, 0) is 0 Å². The molecule has 0 heterocycles. The maximum absolute atomic E-state index is 12.7. The molecule has 1 N–H and O–H groups in total. The standard InChI is InChI=1S/C23H23NO/c1-18(19-11-5-2-6-12-19)22(24-21-15-9-4-10-16-21)17-23(25)20-13-7-3-8-14-20/h2-16,18,22,24H,17H2,1H3. The zero-order valence-corrected chi connectivity index (χ0v) is 14.4. The summed E-state index contributed by atoms with van der Waals surface area (Å²) in [5, 5.41) is 3.56. The van der Waals surface area contributed by atoms with E-state index in [1.807, 2.05) is 78.9 Å². The number of carbonyl (C=O) groups excluding carboxylic acids is 1. The van der Waals surface area contributed by atoms with E-state index >= 15 is 0 Å². The Kier molecular flexibility index (Phi) is 5.63. The van der Waals surface area contributed by atoms with E-state index in [1.54, 1.807) is 0 Å². The first kappa shape index (κ1) is 17.0. The van der Waals surface area contributed by atoms with Gasteiger partial charge < -0.3 is 5.32 Å². The third-order valence-electron chi connectivity index (χ3n) is 4.56. The lowest BCUT2D eigenvalue weighted by Crippen LogP contribution is -2.29. The minimum absolute atomic E-state index is 0.0255. The number of Topliss-reactive ketones (excluding diaryl/α,β-unsaturated/α-hetero) is 1. The summed E-state index contributed by atoms with van der Waals surface area (Å²) in [6, 6.07) is 30.0. The van der Waals surface area contributed by atoms with Crippen LogP contribution in [0.4, 0.5) is 5.69 Å². The van der Waals surface area contributed by atoms with Gasteiger partial charge in [0.25, 0.3) is 0 Å². The van der Waals surface area contributed by atoms with Crippen molar-refractivity contribution < 1.29 is 4.79 Å². The van der Waals surface area contributed by atoms with Crippen LogP contribution in [0.25, 0.3) is 0 Å². The van der Waals surface area contributed by atoms with Crippen LogP contribution in [0, 0.1) is 0 Å². The number of nitrogens with one attached hydrogen (secondary N) is 1. The molecule has 0 fully saturated rings. The normalized spacial score (nSPS) is 13.0. The summed E-state index contributed by atoms with van der Waals surface area (Å²) in [5.41, 5.74) is 3.04. The van der Waals surface area contributed by atoms with Crippen molar-refractivity contribution in [2.24, 2.45) is 0 Å². The molecular weight excluding hydrogens is 306 g/mol. The fourth-order valence-corrected chi connectivity index (χ4v) is 3.03. The Labute approximate surface area is 149 Å². The summed E-state index contributed by atoms with van der Waals surface area (Å²) in [7, 11) is 0. The number of benzene rings is 3. The lowest BCUT2D eigenvalue weighted by molar-refractivity contribution is 0.0974. The van der Waals surface area contributed by atoms with Crippen LogP contribution >= 0.6 is 0 Å². The molecule has 2 atom stereocenters. The van der Waals surface area contributed by atoms with E-state index in [9.17, 15) is 4.79 Å². The molecule has 0 aromatic heterocycles. The van der Waals surface area contributed by atoms with Gasteiger partial charge in [-0.25, -0.2) is 0 Å².